The second-order valence-electron chi connectivity index (χ2n) is 8.56. The summed E-state index contributed by atoms with van der Waals surface area (Å²) in [6.45, 7) is 5.17. The van der Waals surface area contributed by atoms with E-state index in [9.17, 15) is 4.79 Å². The highest BCUT2D eigenvalue weighted by atomic mass is 35.5. The number of pyridine rings is 1. The average Bonchev–Trinajstić information content (AvgIpc) is 3.43. The van der Waals surface area contributed by atoms with Gasteiger partial charge in [-0.25, -0.2) is 15.0 Å². The van der Waals surface area contributed by atoms with Gasteiger partial charge in [0.2, 0.25) is 5.91 Å². The molecule has 188 valence electrons. The highest BCUT2D eigenvalue weighted by Crippen LogP contribution is 2.31. The Balaban J connectivity index is 1.33. The zero-order chi connectivity index (χ0) is 25.8. The summed E-state index contributed by atoms with van der Waals surface area (Å²) >= 11 is 6.47. The molecule has 0 unspecified atom stereocenters. The molecule has 0 spiro atoms. The summed E-state index contributed by atoms with van der Waals surface area (Å²) in [6.07, 6.45) is 8.57. The third-order valence-electron chi connectivity index (χ3n) is 6.21. The highest BCUT2D eigenvalue weighted by molar-refractivity contribution is 6.32. The maximum absolute atomic E-state index is 12.0. The van der Waals surface area contributed by atoms with E-state index >= 15 is 0 Å². The maximum atomic E-state index is 12.0. The van der Waals surface area contributed by atoms with E-state index in [-0.39, 0.29) is 18.6 Å². The average molecular weight is 517 g/mol. The van der Waals surface area contributed by atoms with Gasteiger partial charge in [-0.3, -0.25) is 14.8 Å². The first-order chi connectivity index (χ1) is 18.0. The van der Waals surface area contributed by atoms with Gasteiger partial charge in [-0.15, -0.1) is 0 Å². The van der Waals surface area contributed by atoms with E-state index in [2.05, 4.69) is 36.7 Å². The fraction of sp³-hybridized carbons (Fsp3) is 0.231. The number of likely N-dealkylation sites (N-methyl/N-ethyl adjacent to an activating group) is 1. The summed E-state index contributed by atoms with van der Waals surface area (Å²) in [5.74, 6) is 1.81. The van der Waals surface area contributed by atoms with Crippen molar-refractivity contribution in [2.45, 2.75) is 19.1 Å². The van der Waals surface area contributed by atoms with Gasteiger partial charge in [-0.1, -0.05) is 18.2 Å². The number of hydrogen-bond acceptors (Lipinski definition) is 9. The SMILES string of the molecule is C=CC(=O)N1CC[C@H](N(C)c2ccc3ncnc(Nc4ccc(OCc5cnccn5)c(Cl)c4)c3n2)C1. The number of nitrogens with zero attached hydrogens (tertiary/aromatic N) is 7. The number of fused-ring (bicyclic) bond motifs is 1. The van der Waals surface area contributed by atoms with Crippen LogP contribution in [0, 0.1) is 0 Å². The number of halogens is 1. The molecule has 4 heterocycles. The molecule has 11 heteroatoms. The van der Waals surface area contributed by atoms with Crippen LogP contribution in [0.25, 0.3) is 11.0 Å². The minimum absolute atomic E-state index is 0.0499. The maximum Gasteiger partial charge on any atom is 0.246 e. The lowest BCUT2D eigenvalue weighted by Gasteiger charge is -2.26. The van der Waals surface area contributed by atoms with Crippen LogP contribution in [0.2, 0.25) is 5.02 Å². The van der Waals surface area contributed by atoms with E-state index < -0.39 is 0 Å². The zero-order valence-electron chi connectivity index (χ0n) is 20.2. The van der Waals surface area contributed by atoms with Crippen molar-refractivity contribution >= 4 is 45.9 Å². The fourth-order valence-electron chi connectivity index (χ4n) is 4.18. The molecule has 0 saturated carbocycles. The van der Waals surface area contributed by atoms with E-state index in [0.29, 0.717) is 46.4 Å². The van der Waals surface area contributed by atoms with Gasteiger partial charge in [0.1, 0.15) is 30.0 Å². The van der Waals surface area contributed by atoms with E-state index in [1.807, 2.05) is 25.2 Å². The molecule has 5 rings (SSSR count). The molecule has 1 atom stereocenters. The molecule has 3 aromatic heterocycles. The molecule has 37 heavy (non-hydrogen) atoms. The summed E-state index contributed by atoms with van der Waals surface area (Å²) < 4.78 is 5.78. The number of aromatic nitrogens is 5. The van der Waals surface area contributed by atoms with Crippen molar-refractivity contribution < 1.29 is 9.53 Å². The second-order valence-corrected chi connectivity index (χ2v) is 8.96. The predicted molar refractivity (Wildman–Crippen MR) is 142 cm³/mol. The topological polar surface area (TPSA) is 109 Å². The first-order valence-corrected chi connectivity index (χ1v) is 12.1. The van der Waals surface area contributed by atoms with Crippen LogP contribution in [0.3, 0.4) is 0 Å². The lowest BCUT2D eigenvalue weighted by Crippen LogP contribution is -2.36. The predicted octanol–water partition coefficient (Wildman–Crippen LogP) is 4.01. The number of nitrogens with one attached hydrogen (secondary N) is 1. The molecular formula is C26H25ClN8O2. The Labute approximate surface area is 219 Å². The zero-order valence-corrected chi connectivity index (χ0v) is 21.0. The normalized spacial score (nSPS) is 15.0. The van der Waals surface area contributed by atoms with Gasteiger partial charge >= 0.3 is 0 Å². The van der Waals surface area contributed by atoms with Crippen LogP contribution in [-0.4, -0.2) is 61.9 Å². The smallest absolute Gasteiger partial charge is 0.246 e. The fourth-order valence-corrected chi connectivity index (χ4v) is 4.42. The molecule has 1 aliphatic rings. The van der Waals surface area contributed by atoms with Gasteiger partial charge in [-0.2, -0.15) is 0 Å². The van der Waals surface area contributed by atoms with Crippen molar-refractivity contribution in [2.24, 2.45) is 0 Å². The minimum atomic E-state index is -0.0499. The number of amides is 1. The number of anilines is 3. The van der Waals surface area contributed by atoms with Gasteiger partial charge in [0.25, 0.3) is 0 Å². The number of rotatable bonds is 8. The Morgan fingerprint density at radius 1 is 1.27 bits per heavy atom. The van der Waals surface area contributed by atoms with Gasteiger partial charge in [0.15, 0.2) is 5.82 Å². The summed E-state index contributed by atoms with van der Waals surface area (Å²) in [5, 5.41) is 3.74. The molecule has 1 aromatic carbocycles. The van der Waals surface area contributed by atoms with Gasteiger partial charge in [0, 0.05) is 44.3 Å². The number of benzene rings is 1. The summed E-state index contributed by atoms with van der Waals surface area (Å²) in [4.78, 5) is 37.7. The molecule has 1 fully saturated rings. The van der Waals surface area contributed by atoms with Crippen molar-refractivity contribution in [3.05, 3.63) is 78.6 Å². The molecule has 0 radical (unpaired) electrons. The first-order valence-electron chi connectivity index (χ1n) is 11.7. The van der Waals surface area contributed by atoms with Crippen molar-refractivity contribution in [3.8, 4) is 5.75 Å². The molecule has 1 saturated heterocycles. The number of hydrogen-bond donors (Lipinski definition) is 1. The number of carbonyl (C=O) groups excluding carboxylic acids is 1. The Morgan fingerprint density at radius 2 is 2.16 bits per heavy atom. The molecule has 1 N–H and O–H groups in total. The van der Waals surface area contributed by atoms with Crippen molar-refractivity contribution in [2.75, 3.05) is 30.4 Å². The highest BCUT2D eigenvalue weighted by Gasteiger charge is 2.28. The molecule has 1 amide bonds. The van der Waals surface area contributed by atoms with Crippen LogP contribution in [0.4, 0.5) is 17.3 Å². The molecule has 10 nitrogen and oxygen atoms in total. The van der Waals surface area contributed by atoms with Crippen molar-refractivity contribution in [1.29, 1.82) is 0 Å². The Hall–Kier alpha value is -4.31. The second kappa shape index (κ2) is 10.8. The van der Waals surface area contributed by atoms with Crippen molar-refractivity contribution in [3.63, 3.8) is 0 Å². The van der Waals surface area contributed by atoms with Gasteiger partial charge in [-0.05, 0) is 42.8 Å². The van der Waals surface area contributed by atoms with Crippen LogP contribution in [-0.2, 0) is 11.4 Å². The molecule has 0 bridgehead atoms. The number of carbonyl (C=O) groups is 1. The number of ether oxygens (including phenoxy) is 1. The molecule has 4 aromatic rings. The summed E-state index contributed by atoms with van der Waals surface area (Å²) in [7, 11) is 1.98. The van der Waals surface area contributed by atoms with E-state index in [1.54, 1.807) is 35.6 Å². The van der Waals surface area contributed by atoms with E-state index in [0.717, 1.165) is 17.9 Å². The van der Waals surface area contributed by atoms with Gasteiger partial charge < -0.3 is 19.9 Å². The lowest BCUT2D eigenvalue weighted by atomic mass is 10.2. The first kappa shape index (κ1) is 24.4. The Morgan fingerprint density at radius 3 is 2.95 bits per heavy atom. The minimum Gasteiger partial charge on any atom is -0.486 e. The Bertz CT molecular complexity index is 1440. The standard InChI is InChI=1S/C26H25ClN8O2/c1-3-24(36)35-11-8-19(14-35)34(2)23-7-5-21-25(33-23)26(31-16-30-21)32-17-4-6-22(20(27)12-17)37-15-18-13-28-9-10-29-18/h3-7,9-10,12-13,16,19H,1,8,11,14-15H2,2H3,(H,30,31,32)/t19-/m0/s1. The summed E-state index contributed by atoms with van der Waals surface area (Å²) in [6, 6.07) is 9.40. The van der Waals surface area contributed by atoms with Gasteiger partial charge in [0.05, 0.1) is 22.4 Å². The quantitative estimate of drug-likeness (QED) is 0.347. The lowest BCUT2D eigenvalue weighted by molar-refractivity contribution is -0.125. The molecular weight excluding hydrogens is 492 g/mol. The van der Waals surface area contributed by atoms with E-state index in [1.165, 1.54) is 12.4 Å². The van der Waals surface area contributed by atoms with Crippen LogP contribution in [0.1, 0.15) is 12.1 Å². The van der Waals surface area contributed by atoms with Crippen LogP contribution >= 0.6 is 11.6 Å². The molecule has 1 aliphatic heterocycles. The Kier molecular flexibility index (Phi) is 7.09. The number of likely N-dealkylation sites (tertiary alicyclic amines) is 1. The third kappa shape index (κ3) is 5.44. The third-order valence-corrected chi connectivity index (χ3v) is 6.51. The summed E-state index contributed by atoms with van der Waals surface area (Å²) in [5.41, 5.74) is 2.77. The van der Waals surface area contributed by atoms with Crippen molar-refractivity contribution in [1.82, 2.24) is 29.8 Å². The van der Waals surface area contributed by atoms with Crippen LogP contribution in [0.5, 0.6) is 5.75 Å². The van der Waals surface area contributed by atoms with E-state index in [4.69, 9.17) is 21.3 Å². The van der Waals surface area contributed by atoms with Crippen LogP contribution < -0.4 is 15.0 Å². The largest absolute Gasteiger partial charge is 0.486 e. The monoisotopic (exact) mass is 516 g/mol. The van der Waals surface area contributed by atoms with Crippen LogP contribution in [0.15, 0.2) is 67.9 Å². The molecule has 0 aliphatic carbocycles.